The summed E-state index contributed by atoms with van der Waals surface area (Å²) in [4.78, 5) is 4.46. The second-order valence-corrected chi connectivity index (χ2v) is 7.45. The quantitative estimate of drug-likeness (QED) is 0.278. The number of thioether (sulfide) groups is 1. The molecule has 0 amide bonds. The molecular formula is C20H14ClN5O2S. The molecule has 29 heavy (non-hydrogen) atoms. The Balaban J connectivity index is 1.56. The van der Waals surface area contributed by atoms with Crippen molar-refractivity contribution in [3.63, 3.8) is 0 Å². The van der Waals surface area contributed by atoms with Crippen LogP contribution in [0.1, 0.15) is 5.82 Å². The van der Waals surface area contributed by atoms with Crippen LogP contribution in [-0.2, 0) is 7.05 Å². The first-order chi connectivity index (χ1) is 14.1. The smallest absolute Gasteiger partial charge is 0.277 e. The number of hydrogen-bond donors (Lipinski definition) is 1. The molecule has 0 unspecified atom stereocenters. The van der Waals surface area contributed by atoms with Gasteiger partial charge in [-0.25, -0.2) is 4.98 Å². The lowest BCUT2D eigenvalue weighted by Crippen LogP contribution is -2.00. The van der Waals surface area contributed by atoms with Crippen LogP contribution in [0.5, 0.6) is 0 Å². The van der Waals surface area contributed by atoms with Gasteiger partial charge in [-0.15, -0.1) is 10.2 Å². The molecule has 0 aliphatic heterocycles. The van der Waals surface area contributed by atoms with Gasteiger partial charge < -0.3 is 14.1 Å². The van der Waals surface area contributed by atoms with Crippen molar-refractivity contribution in [2.45, 2.75) is 5.22 Å². The minimum Gasteiger partial charge on any atom is -0.510 e. The Kier molecular flexibility index (Phi) is 5.25. The van der Waals surface area contributed by atoms with E-state index >= 15 is 0 Å². The largest absolute Gasteiger partial charge is 0.510 e. The van der Waals surface area contributed by atoms with Gasteiger partial charge in [0.1, 0.15) is 17.4 Å². The minimum absolute atomic E-state index is 0.0866. The first-order valence-corrected chi connectivity index (χ1v) is 9.89. The maximum Gasteiger partial charge on any atom is 0.277 e. The van der Waals surface area contributed by atoms with Crippen LogP contribution in [0, 0.1) is 11.3 Å². The van der Waals surface area contributed by atoms with E-state index in [1.54, 1.807) is 29.8 Å². The predicted molar refractivity (Wildman–Crippen MR) is 111 cm³/mol. The molecule has 0 saturated carbocycles. The fraction of sp³-hybridized carbons (Fsp3) is 0.100. The second kappa shape index (κ2) is 7.99. The van der Waals surface area contributed by atoms with Crippen molar-refractivity contribution in [1.29, 1.82) is 5.26 Å². The van der Waals surface area contributed by atoms with E-state index in [1.165, 1.54) is 0 Å². The van der Waals surface area contributed by atoms with E-state index in [-0.39, 0.29) is 22.3 Å². The number of aliphatic hydroxyl groups is 1. The third-order valence-corrected chi connectivity index (χ3v) is 5.29. The highest BCUT2D eigenvalue weighted by atomic mass is 35.5. The average molecular weight is 424 g/mol. The van der Waals surface area contributed by atoms with Gasteiger partial charge in [0.05, 0.1) is 16.8 Å². The molecule has 1 N–H and O–H groups in total. The van der Waals surface area contributed by atoms with E-state index in [1.807, 2.05) is 36.4 Å². The summed E-state index contributed by atoms with van der Waals surface area (Å²) < 4.78 is 7.39. The molecule has 0 aliphatic rings. The van der Waals surface area contributed by atoms with Gasteiger partial charge in [-0.2, -0.15) is 5.26 Å². The predicted octanol–water partition coefficient (Wildman–Crippen LogP) is 4.86. The zero-order valence-corrected chi connectivity index (χ0v) is 16.8. The van der Waals surface area contributed by atoms with Gasteiger partial charge in [-0.3, -0.25) is 0 Å². The molecule has 7 nitrogen and oxygen atoms in total. The summed E-state index contributed by atoms with van der Waals surface area (Å²) in [5.41, 5.74) is 2.43. The van der Waals surface area contributed by atoms with Crippen LogP contribution >= 0.6 is 23.4 Å². The standard InChI is InChI=1S/C20H14ClN5O2S/c1-26-16-8-3-2-7-15(16)23-18(26)14(10-22)17(27)11-29-20-25-24-19(28-20)12-5-4-6-13(21)9-12/h2-9,27H,11H2,1H3/b17-14-. The molecule has 0 spiro atoms. The number of imidazole rings is 1. The molecule has 0 aliphatic carbocycles. The molecule has 9 heteroatoms. The molecule has 0 bridgehead atoms. The fourth-order valence-electron chi connectivity index (χ4n) is 2.82. The molecule has 2 aromatic heterocycles. The summed E-state index contributed by atoms with van der Waals surface area (Å²) in [6.45, 7) is 0. The normalized spacial score (nSPS) is 12.0. The Morgan fingerprint density at radius 2 is 2.07 bits per heavy atom. The highest BCUT2D eigenvalue weighted by Gasteiger charge is 2.17. The molecule has 2 aromatic carbocycles. The monoisotopic (exact) mass is 423 g/mol. The van der Waals surface area contributed by atoms with Crippen LogP contribution in [0.2, 0.25) is 5.02 Å². The van der Waals surface area contributed by atoms with Gasteiger partial charge in [0.2, 0.25) is 5.89 Å². The lowest BCUT2D eigenvalue weighted by molar-refractivity contribution is 0.418. The van der Waals surface area contributed by atoms with Crippen LogP contribution in [0.25, 0.3) is 28.1 Å². The molecule has 4 rings (SSSR count). The number of aryl methyl sites for hydroxylation is 1. The summed E-state index contributed by atoms with van der Waals surface area (Å²) in [6.07, 6.45) is 0. The Labute approximate surface area is 175 Å². The van der Waals surface area contributed by atoms with E-state index in [0.29, 0.717) is 22.3 Å². The third-order valence-electron chi connectivity index (χ3n) is 4.22. The van der Waals surface area contributed by atoms with E-state index in [4.69, 9.17) is 16.0 Å². The van der Waals surface area contributed by atoms with Gasteiger partial charge in [-0.1, -0.05) is 41.6 Å². The lowest BCUT2D eigenvalue weighted by Gasteiger charge is -2.04. The number of halogens is 1. The maximum atomic E-state index is 10.5. The molecule has 0 radical (unpaired) electrons. The zero-order chi connectivity index (χ0) is 20.4. The molecule has 2 heterocycles. The second-order valence-electron chi connectivity index (χ2n) is 6.09. The van der Waals surface area contributed by atoms with E-state index in [0.717, 1.165) is 22.8 Å². The zero-order valence-electron chi connectivity index (χ0n) is 15.2. The van der Waals surface area contributed by atoms with Gasteiger partial charge in [0.15, 0.2) is 5.82 Å². The summed E-state index contributed by atoms with van der Waals surface area (Å²) in [5.74, 6) is 0.702. The van der Waals surface area contributed by atoms with Crippen molar-refractivity contribution in [3.8, 4) is 17.5 Å². The van der Waals surface area contributed by atoms with Crippen molar-refractivity contribution < 1.29 is 9.52 Å². The third kappa shape index (κ3) is 3.83. The first-order valence-electron chi connectivity index (χ1n) is 8.53. The summed E-state index contributed by atoms with van der Waals surface area (Å²) >= 11 is 7.11. The summed E-state index contributed by atoms with van der Waals surface area (Å²) in [6, 6.07) is 16.7. The Morgan fingerprint density at radius 3 is 2.83 bits per heavy atom. The Morgan fingerprint density at radius 1 is 1.24 bits per heavy atom. The number of para-hydroxylation sites is 2. The SMILES string of the molecule is Cn1c(/C(C#N)=C(\O)CSc2nnc(-c3cccc(Cl)c3)o2)nc2ccccc21. The van der Waals surface area contributed by atoms with Crippen molar-refractivity contribution >= 4 is 40.0 Å². The summed E-state index contributed by atoms with van der Waals surface area (Å²) in [5, 5.41) is 28.9. The van der Waals surface area contributed by atoms with E-state index < -0.39 is 0 Å². The van der Waals surface area contributed by atoms with Crippen molar-refractivity contribution in [3.05, 3.63) is 65.1 Å². The molecular weight excluding hydrogens is 410 g/mol. The maximum absolute atomic E-state index is 10.5. The summed E-state index contributed by atoms with van der Waals surface area (Å²) in [7, 11) is 1.80. The van der Waals surface area contributed by atoms with Crippen molar-refractivity contribution in [2.75, 3.05) is 5.75 Å². The van der Waals surface area contributed by atoms with Crippen molar-refractivity contribution in [1.82, 2.24) is 19.7 Å². The van der Waals surface area contributed by atoms with Crippen LogP contribution in [0.4, 0.5) is 0 Å². The average Bonchev–Trinajstić information content (AvgIpc) is 3.33. The topological polar surface area (TPSA) is 101 Å². The van der Waals surface area contributed by atoms with E-state index in [9.17, 15) is 10.4 Å². The Hall–Kier alpha value is -3.28. The molecule has 144 valence electrons. The van der Waals surface area contributed by atoms with Gasteiger partial charge in [0, 0.05) is 17.6 Å². The first kappa shape index (κ1) is 19.1. The number of hydrogen-bond acceptors (Lipinski definition) is 7. The molecule has 0 saturated heterocycles. The number of rotatable bonds is 5. The lowest BCUT2D eigenvalue weighted by atomic mass is 10.2. The highest BCUT2D eigenvalue weighted by molar-refractivity contribution is 7.99. The highest BCUT2D eigenvalue weighted by Crippen LogP contribution is 2.28. The molecule has 0 atom stereocenters. The molecule has 4 aromatic rings. The number of allylic oxidation sites excluding steroid dienone is 1. The number of nitrogens with zero attached hydrogens (tertiary/aromatic N) is 5. The van der Waals surface area contributed by atoms with Crippen LogP contribution in [-0.4, -0.2) is 30.6 Å². The van der Waals surface area contributed by atoms with Crippen LogP contribution < -0.4 is 0 Å². The number of benzene rings is 2. The van der Waals surface area contributed by atoms with Gasteiger partial charge >= 0.3 is 0 Å². The van der Waals surface area contributed by atoms with Gasteiger partial charge in [-0.05, 0) is 30.3 Å². The number of aromatic nitrogens is 4. The minimum atomic E-state index is -0.113. The fourth-order valence-corrected chi connectivity index (χ4v) is 3.65. The van der Waals surface area contributed by atoms with E-state index in [2.05, 4.69) is 15.2 Å². The number of aliphatic hydroxyl groups excluding tert-OH is 1. The van der Waals surface area contributed by atoms with Crippen LogP contribution in [0.15, 0.2) is 63.9 Å². The molecule has 0 fully saturated rings. The van der Waals surface area contributed by atoms with Gasteiger partial charge in [0.25, 0.3) is 5.22 Å². The number of nitriles is 1. The van der Waals surface area contributed by atoms with Crippen LogP contribution in [0.3, 0.4) is 0 Å². The van der Waals surface area contributed by atoms with Crippen molar-refractivity contribution in [2.24, 2.45) is 7.05 Å². The number of fused-ring (bicyclic) bond motifs is 1. The Bertz CT molecular complexity index is 1270.